The Morgan fingerprint density at radius 3 is 2.31 bits per heavy atom. The third-order valence-corrected chi connectivity index (χ3v) is 2.26. The molecule has 0 saturated heterocycles. The van der Waals surface area contributed by atoms with Crippen molar-refractivity contribution < 1.29 is 15.0 Å². The number of benzene rings is 1. The second-order valence-corrected chi connectivity index (χ2v) is 3.61. The molecule has 0 fully saturated rings. The van der Waals surface area contributed by atoms with E-state index in [9.17, 15) is 9.90 Å². The molecule has 4 nitrogen and oxygen atoms in total. The molecular weight excluding hydrogens is 230 g/mol. The van der Waals surface area contributed by atoms with Gasteiger partial charge in [0.15, 0.2) is 0 Å². The van der Waals surface area contributed by atoms with Crippen LogP contribution < -0.4 is 5.73 Å². The van der Waals surface area contributed by atoms with E-state index in [0.29, 0.717) is 5.56 Å². The Labute approximate surface area is 100 Å². The van der Waals surface area contributed by atoms with Gasteiger partial charge in [-0.25, -0.2) is 0 Å². The van der Waals surface area contributed by atoms with E-state index in [0.717, 1.165) is 5.56 Å². The van der Waals surface area contributed by atoms with Crippen molar-refractivity contribution in [3.63, 3.8) is 0 Å². The number of halogens is 1. The van der Waals surface area contributed by atoms with Crippen LogP contribution in [0.1, 0.15) is 23.7 Å². The van der Waals surface area contributed by atoms with E-state index in [1.165, 1.54) is 0 Å². The lowest BCUT2D eigenvalue weighted by Gasteiger charge is -2.13. The van der Waals surface area contributed by atoms with Crippen LogP contribution in [0.3, 0.4) is 0 Å². The third-order valence-electron chi connectivity index (χ3n) is 2.26. The average molecular weight is 246 g/mol. The third kappa shape index (κ3) is 4.18. The zero-order chi connectivity index (χ0) is 11.4. The lowest BCUT2D eigenvalue weighted by Crippen LogP contribution is -2.31. The van der Waals surface area contributed by atoms with Gasteiger partial charge in [-0.1, -0.05) is 29.8 Å². The molecule has 1 aromatic rings. The number of hydrogen-bond acceptors (Lipinski definition) is 3. The number of aliphatic hydroxyl groups excluding tert-OH is 1. The largest absolute Gasteiger partial charge is 0.480 e. The Balaban J connectivity index is 0.00000225. The monoisotopic (exact) mass is 245 g/mol. The highest BCUT2D eigenvalue weighted by Gasteiger charge is 2.17. The first-order valence-electron chi connectivity index (χ1n) is 4.73. The van der Waals surface area contributed by atoms with Crippen molar-refractivity contribution in [1.29, 1.82) is 0 Å². The van der Waals surface area contributed by atoms with Gasteiger partial charge in [0.1, 0.15) is 6.04 Å². The van der Waals surface area contributed by atoms with Crippen molar-refractivity contribution >= 4 is 18.4 Å². The van der Waals surface area contributed by atoms with Crippen LogP contribution in [-0.4, -0.2) is 22.2 Å². The Morgan fingerprint density at radius 2 is 1.88 bits per heavy atom. The van der Waals surface area contributed by atoms with E-state index in [1.807, 2.05) is 19.1 Å². The van der Waals surface area contributed by atoms with Gasteiger partial charge in [0.05, 0.1) is 6.10 Å². The second kappa shape index (κ2) is 6.48. The maximum absolute atomic E-state index is 10.5. The van der Waals surface area contributed by atoms with Crippen LogP contribution in [0.15, 0.2) is 24.3 Å². The minimum atomic E-state index is -1.10. The molecule has 0 saturated carbocycles. The molecule has 5 heteroatoms. The summed E-state index contributed by atoms with van der Waals surface area (Å²) in [5, 5.41) is 18.3. The van der Waals surface area contributed by atoms with Gasteiger partial charge in [0.2, 0.25) is 0 Å². The summed E-state index contributed by atoms with van der Waals surface area (Å²) in [5.41, 5.74) is 7.11. The van der Waals surface area contributed by atoms with Crippen molar-refractivity contribution in [3.05, 3.63) is 35.4 Å². The first-order chi connectivity index (χ1) is 7.00. The molecule has 0 heterocycles. The van der Waals surface area contributed by atoms with Crippen molar-refractivity contribution in [2.45, 2.75) is 25.5 Å². The van der Waals surface area contributed by atoms with Crippen LogP contribution >= 0.6 is 12.4 Å². The molecular formula is C11H16ClNO3. The minimum absolute atomic E-state index is 0. The summed E-state index contributed by atoms with van der Waals surface area (Å²) in [6.45, 7) is 1.94. The van der Waals surface area contributed by atoms with Crippen LogP contribution in [0.5, 0.6) is 0 Å². The molecule has 0 aromatic heterocycles. The summed E-state index contributed by atoms with van der Waals surface area (Å²) in [6.07, 6.45) is -0.796. The van der Waals surface area contributed by atoms with E-state index in [1.54, 1.807) is 12.1 Å². The van der Waals surface area contributed by atoms with E-state index in [-0.39, 0.29) is 18.8 Å². The maximum atomic E-state index is 10.5. The van der Waals surface area contributed by atoms with Crippen LogP contribution in [0.4, 0.5) is 0 Å². The molecule has 90 valence electrons. The lowest BCUT2D eigenvalue weighted by atomic mass is 10.0. The molecule has 0 aliphatic carbocycles. The van der Waals surface area contributed by atoms with Gasteiger partial charge in [0.25, 0.3) is 0 Å². The van der Waals surface area contributed by atoms with Crippen molar-refractivity contribution in [2.75, 3.05) is 0 Å². The number of rotatable bonds is 4. The number of aryl methyl sites for hydroxylation is 1. The highest BCUT2D eigenvalue weighted by molar-refractivity contribution is 5.85. The summed E-state index contributed by atoms with van der Waals surface area (Å²) in [6, 6.07) is 6.25. The number of aliphatic hydroxyl groups is 1. The lowest BCUT2D eigenvalue weighted by molar-refractivity contribution is -0.139. The molecule has 2 unspecified atom stereocenters. The predicted octanol–water partition coefficient (Wildman–Crippen LogP) is 1.25. The summed E-state index contributed by atoms with van der Waals surface area (Å²) in [4.78, 5) is 10.5. The number of aliphatic carboxylic acids is 1. The minimum Gasteiger partial charge on any atom is -0.480 e. The van der Waals surface area contributed by atoms with E-state index >= 15 is 0 Å². The number of carbonyl (C=O) groups is 1. The zero-order valence-corrected chi connectivity index (χ0v) is 9.78. The summed E-state index contributed by atoms with van der Waals surface area (Å²) < 4.78 is 0. The molecule has 0 aliphatic rings. The Morgan fingerprint density at radius 1 is 1.38 bits per heavy atom. The summed E-state index contributed by atoms with van der Waals surface area (Å²) in [7, 11) is 0. The van der Waals surface area contributed by atoms with Crippen molar-refractivity contribution in [2.24, 2.45) is 5.73 Å². The van der Waals surface area contributed by atoms with Gasteiger partial charge in [-0.3, -0.25) is 4.79 Å². The highest BCUT2D eigenvalue weighted by atomic mass is 35.5. The molecule has 1 aromatic carbocycles. The van der Waals surface area contributed by atoms with Gasteiger partial charge < -0.3 is 15.9 Å². The topological polar surface area (TPSA) is 83.5 Å². The molecule has 16 heavy (non-hydrogen) atoms. The fourth-order valence-electron chi connectivity index (χ4n) is 1.27. The first kappa shape index (κ1) is 14.9. The quantitative estimate of drug-likeness (QED) is 0.746. The van der Waals surface area contributed by atoms with E-state index < -0.39 is 18.1 Å². The zero-order valence-electron chi connectivity index (χ0n) is 8.96. The van der Waals surface area contributed by atoms with Gasteiger partial charge in [-0.05, 0) is 12.5 Å². The van der Waals surface area contributed by atoms with Crippen molar-refractivity contribution in [1.82, 2.24) is 0 Å². The van der Waals surface area contributed by atoms with E-state index in [2.05, 4.69) is 0 Å². The molecule has 0 amide bonds. The smallest absolute Gasteiger partial charge is 0.320 e. The van der Waals surface area contributed by atoms with Crippen LogP contribution in [-0.2, 0) is 4.79 Å². The maximum Gasteiger partial charge on any atom is 0.320 e. The Kier molecular flexibility index (Phi) is 6.03. The molecule has 2 atom stereocenters. The SMILES string of the molecule is Cc1ccc(C(O)CC(N)C(=O)O)cc1.Cl. The highest BCUT2D eigenvalue weighted by Crippen LogP contribution is 2.18. The van der Waals surface area contributed by atoms with Crippen molar-refractivity contribution in [3.8, 4) is 0 Å². The molecule has 0 bridgehead atoms. The molecule has 1 rings (SSSR count). The van der Waals surface area contributed by atoms with Crippen LogP contribution in [0.2, 0.25) is 0 Å². The molecule has 0 spiro atoms. The average Bonchev–Trinajstić information content (AvgIpc) is 2.18. The number of carboxylic acids is 1. The first-order valence-corrected chi connectivity index (χ1v) is 4.73. The fourth-order valence-corrected chi connectivity index (χ4v) is 1.27. The van der Waals surface area contributed by atoms with Gasteiger partial charge >= 0.3 is 5.97 Å². The molecule has 4 N–H and O–H groups in total. The second-order valence-electron chi connectivity index (χ2n) is 3.61. The summed E-state index contributed by atoms with van der Waals surface area (Å²) >= 11 is 0. The van der Waals surface area contributed by atoms with E-state index in [4.69, 9.17) is 10.8 Å². The Hall–Kier alpha value is -1.10. The summed E-state index contributed by atoms with van der Waals surface area (Å²) in [5.74, 6) is -1.10. The standard InChI is InChI=1S/C11H15NO3.ClH/c1-7-2-4-8(5-3-7)10(13)6-9(12)11(14)15;/h2-5,9-10,13H,6,12H2,1H3,(H,14,15);1H. The van der Waals surface area contributed by atoms with Gasteiger partial charge in [-0.15, -0.1) is 12.4 Å². The predicted molar refractivity (Wildman–Crippen MR) is 63.6 cm³/mol. The fraction of sp³-hybridized carbons (Fsp3) is 0.364. The number of carboxylic acid groups (broad SMARTS) is 1. The van der Waals surface area contributed by atoms with Crippen LogP contribution in [0.25, 0.3) is 0 Å². The van der Waals surface area contributed by atoms with Crippen LogP contribution in [0, 0.1) is 6.92 Å². The number of nitrogens with two attached hydrogens (primary N) is 1. The normalized spacial score (nSPS) is 13.7. The van der Waals surface area contributed by atoms with Gasteiger partial charge in [0, 0.05) is 6.42 Å². The number of hydrogen-bond donors (Lipinski definition) is 3. The van der Waals surface area contributed by atoms with Gasteiger partial charge in [-0.2, -0.15) is 0 Å². The molecule has 0 aliphatic heterocycles. The molecule has 0 radical (unpaired) electrons. The Bertz CT molecular complexity index is 340.